The lowest BCUT2D eigenvalue weighted by Crippen LogP contribution is -2.42. The highest BCUT2D eigenvalue weighted by Gasteiger charge is 2.42. The molecule has 2 aliphatic rings. The van der Waals surface area contributed by atoms with E-state index in [9.17, 15) is 0 Å². The Kier molecular flexibility index (Phi) is 9.41. The Labute approximate surface area is 200 Å². The van der Waals surface area contributed by atoms with Gasteiger partial charge in [0.05, 0.1) is 38.3 Å². The molecule has 0 unspecified atom stereocenters. The molecule has 0 bridgehead atoms. The van der Waals surface area contributed by atoms with Crippen LogP contribution in [0, 0.1) is 0 Å². The maximum Gasteiger partial charge on any atom is 0.250 e. The fourth-order valence-electron chi connectivity index (χ4n) is 4.49. The van der Waals surface area contributed by atoms with E-state index in [-0.39, 0.29) is 18.3 Å². The second kappa shape index (κ2) is 11.8. The first-order valence-corrected chi connectivity index (χ1v) is 14.9. The van der Waals surface area contributed by atoms with Gasteiger partial charge in [-0.05, 0) is 55.8 Å². The topological polar surface area (TPSA) is 55.4 Å². The Morgan fingerprint density at radius 2 is 1.73 bits per heavy atom. The smallest absolute Gasteiger partial charge is 0.250 e. The zero-order valence-electron chi connectivity index (χ0n) is 21.2. The second-order valence-corrected chi connectivity index (χ2v) is 14.1. The van der Waals surface area contributed by atoms with Crippen molar-refractivity contribution >= 4 is 8.32 Å². The van der Waals surface area contributed by atoms with E-state index >= 15 is 0 Å². The van der Waals surface area contributed by atoms with Crippen molar-refractivity contribution in [1.82, 2.24) is 0 Å². The summed E-state index contributed by atoms with van der Waals surface area (Å²) in [7, 11) is -0.0866. The van der Waals surface area contributed by atoms with Crippen molar-refractivity contribution in [3.63, 3.8) is 0 Å². The Morgan fingerprint density at radius 3 is 2.30 bits per heavy atom. The summed E-state index contributed by atoms with van der Waals surface area (Å²) in [5, 5.41) is 0. The molecule has 0 spiro atoms. The van der Waals surface area contributed by atoms with E-state index < -0.39 is 14.1 Å². The summed E-state index contributed by atoms with van der Waals surface area (Å²) in [6, 6.07) is 11.3. The lowest BCUT2D eigenvalue weighted by Gasteiger charge is -2.37. The first-order chi connectivity index (χ1) is 15.8. The number of rotatable bonds is 12. The maximum absolute atomic E-state index is 6.77. The van der Waals surface area contributed by atoms with E-state index in [2.05, 4.69) is 26.8 Å². The molecule has 33 heavy (non-hydrogen) atoms. The molecular weight excluding hydrogens is 436 g/mol. The molecule has 0 aromatic heterocycles. The highest BCUT2D eigenvalue weighted by molar-refractivity contribution is 6.73. The summed E-state index contributed by atoms with van der Waals surface area (Å²) < 4.78 is 36.3. The molecule has 186 valence electrons. The van der Waals surface area contributed by atoms with Crippen LogP contribution in [0.5, 0.6) is 5.75 Å². The summed E-state index contributed by atoms with van der Waals surface area (Å²) in [5.74, 6) is 1.35. The third-order valence-electron chi connectivity index (χ3n) is 6.82. The van der Waals surface area contributed by atoms with Crippen LogP contribution in [0.4, 0.5) is 0 Å². The number of hydrogen-bond donors (Lipinski definition) is 0. The van der Waals surface area contributed by atoms with Crippen LogP contribution >= 0.6 is 0 Å². The van der Waals surface area contributed by atoms with Crippen LogP contribution in [0.1, 0.15) is 53.0 Å². The normalized spacial score (nSPS) is 25.0. The van der Waals surface area contributed by atoms with Crippen LogP contribution in [-0.2, 0) is 30.0 Å². The molecule has 7 heteroatoms. The van der Waals surface area contributed by atoms with E-state index in [0.29, 0.717) is 19.8 Å². The molecule has 3 atom stereocenters. The number of methoxy groups -OCH3 is 1. The van der Waals surface area contributed by atoms with Gasteiger partial charge in [-0.2, -0.15) is 0 Å². The van der Waals surface area contributed by atoms with Gasteiger partial charge in [0.2, 0.25) is 8.32 Å². The minimum absolute atomic E-state index is 0.0563. The summed E-state index contributed by atoms with van der Waals surface area (Å²) in [6.45, 7) is 12.4. The average Bonchev–Trinajstić information content (AvgIpc) is 3.20. The van der Waals surface area contributed by atoms with Gasteiger partial charge in [0.15, 0.2) is 5.79 Å². The molecule has 3 rings (SSSR count). The second-order valence-electron chi connectivity index (χ2n) is 9.45. The lowest BCUT2D eigenvalue weighted by molar-refractivity contribution is -0.163. The Bertz CT molecular complexity index is 750. The van der Waals surface area contributed by atoms with E-state index in [1.165, 1.54) is 0 Å². The largest absolute Gasteiger partial charge is 0.547 e. The molecule has 1 fully saturated rings. The molecule has 1 saturated heterocycles. The number of ether oxygens (including phenoxy) is 5. The van der Waals surface area contributed by atoms with Crippen LogP contribution in [-0.4, -0.2) is 52.7 Å². The first kappa shape index (κ1) is 26.2. The minimum atomic E-state index is -1.76. The van der Waals surface area contributed by atoms with Crippen molar-refractivity contribution < 1.29 is 28.1 Å². The van der Waals surface area contributed by atoms with E-state index in [4.69, 9.17) is 28.1 Å². The predicted molar refractivity (Wildman–Crippen MR) is 132 cm³/mol. The maximum atomic E-state index is 6.77. The highest BCUT2D eigenvalue weighted by atomic mass is 28.4. The molecule has 0 aliphatic carbocycles. The van der Waals surface area contributed by atoms with E-state index in [1.807, 2.05) is 38.1 Å². The van der Waals surface area contributed by atoms with E-state index in [0.717, 1.165) is 48.0 Å². The van der Waals surface area contributed by atoms with Crippen molar-refractivity contribution in [2.75, 3.05) is 20.3 Å². The third-order valence-corrected chi connectivity index (χ3v) is 11.4. The number of hydrogen-bond acceptors (Lipinski definition) is 6. The third kappa shape index (κ3) is 7.30. The van der Waals surface area contributed by atoms with Gasteiger partial charge in [-0.1, -0.05) is 32.9 Å². The van der Waals surface area contributed by atoms with Crippen LogP contribution in [0.25, 0.3) is 0 Å². The molecule has 0 saturated carbocycles. The zero-order valence-corrected chi connectivity index (χ0v) is 22.2. The quantitative estimate of drug-likeness (QED) is 0.279. The molecule has 2 heterocycles. The van der Waals surface area contributed by atoms with Gasteiger partial charge in [-0.3, -0.25) is 0 Å². The standard InChI is InChI=1S/C26H42O6Si/c1-7-33(8-2,9-3)32-23-16-22(30-24(17-23)25-19-29-26(4,5)31-25)14-15-28-18-20-10-12-21(27-6)13-11-20/h10-13,16,22,24-25H,7-9,14-15,17-19H2,1-6H3/t22-,24-,25+/m1/s1. The molecule has 0 N–H and O–H groups in total. The van der Waals surface area contributed by atoms with Gasteiger partial charge >= 0.3 is 0 Å². The van der Waals surface area contributed by atoms with Crippen molar-refractivity contribution in [3.05, 3.63) is 41.7 Å². The molecule has 2 aliphatic heterocycles. The van der Waals surface area contributed by atoms with Crippen molar-refractivity contribution in [1.29, 1.82) is 0 Å². The molecule has 0 radical (unpaired) electrons. The predicted octanol–water partition coefficient (Wildman–Crippen LogP) is 5.82. The fourth-order valence-corrected chi connectivity index (χ4v) is 7.13. The van der Waals surface area contributed by atoms with Crippen LogP contribution in [0.15, 0.2) is 36.1 Å². The fraction of sp³-hybridized carbons (Fsp3) is 0.692. The number of benzene rings is 1. The monoisotopic (exact) mass is 478 g/mol. The van der Waals surface area contributed by atoms with E-state index in [1.54, 1.807) is 7.11 Å². The van der Waals surface area contributed by atoms with Crippen LogP contribution in [0.3, 0.4) is 0 Å². The van der Waals surface area contributed by atoms with Gasteiger partial charge in [0.1, 0.15) is 11.9 Å². The Morgan fingerprint density at radius 1 is 1.03 bits per heavy atom. The first-order valence-electron chi connectivity index (χ1n) is 12.4. The SMILES string of the molecule is CC[Si](CC)(CC)OC1=C[C@@H](CCOCc2ccc(OC)cc2)O[C@@H]([C@@H]2COC(C)(C)O2)C1. The van der Waals surface area contributed by atoms with Gasteiger partial charge in [0, 0.05) is 19.4 Å². The Balaban J connectivity index is 1.61. The van der Waals surface area contributed by atoms with Gasteiger partial charge in [-0.15, -0.1) is 0 Å². The summed E-state index contributed by atoms with van der Waals surface area (Å²) in [6.07, 6.45) is 3.47. The van der Waals surface area contributed by atoms with Crippen molar-refractivity contribution in [2.24, 2.45) is 0 Å². The van der Waals surface area contributed by atoms with Crippen molar-refractivity contribution in [2.45, 2.75) is 96.3 Å². The minimum Gasteiger partial charge on any atom is -0.547 e. The van der Waals surface area contributed by atoms with Gasteiger partial charge in [0.25, 0.3) is 0 Å². The molecule has 6 nitrogen and oxygen atoms in total. The lowest BCUT2D eigenvalue weighted by atomic mass is 10.0. The highest BCUT2D eigenvalue weighted by Crippen LogP contribution is 2.34. The zero-order chi connectivity index (χ0) is 23.9. The average molecular weight is 479 g/mol. The van der Waals surface area contributed by atoms with Crippen LogP contribution in [0.2, 0.25) is 18.1 Å². The summed E-state index contributed by atoms with van der Waals surface area (Å²) in [4.78, 5) is 0. The molecule has 1 aromatic rings. The van der Waals surface area contributed by atoms with Gasteiger partial charge < -0.3 is 28.1 Å². The Hall–Kier alpha value is -1.38. The summed E-state index contributed by atoms with van der Waals surface area (Å²) >= 11 is 0. The van der Waals surface area contributed by atoms with Gasteiger partial charge in [-0.25, -0.2) is 0 Å². The van der Waals surface area contributed by atoms with Crippen LogP contribution < -0.4 is 4.74 Å². The van der Waals surface area contributed by atoms with Crippen molar-refractivity contribution in [3.8, 4) is 5.75 Å². The molecular formula is C26H42O6Si. The molecule has 0 amide bonds. The summed E-state index contributed by atoms with van der Waals surface area (Å²) in [5.41, 5.74) is 1.13. The molecule has 1 aromatic carbocycles.